The zero-order valence-electron chi connectivity index (χ0n) is 13.0. The van der Waals surface area contributed by atoms with Crippen LogP contribution in [0.1, 0.15) is 63.3 Å². The van der Waals surface area contributed by atoms with Crippen molar-refractivity contribution in [2.24, 2.45) is 0 Å². The molecular weight excluding hydrogens is 234 g/mol. The molecule has 0 aromatic heterocycles. The third kappa shape index (κ3) is 2.64. The lowest BCUT2D eigenvalue weighted by Crippen LogP contribution is -2.22. The van der Waals surface area contributed by atoms with Gasteiger partial charge < -0.3 is 10.1 Å². The van der Waals surface area contributed by atoms with Crippen molar-refractivity contribution in [1.29, 1.82) is 0 Å². The van der Waals surface area contributed by atoms with Gasteiger partial charge in [0.25, 0.3) is 0 Å². The molecule has 2 heteroatoms. The summed E-state index contributed by atoms with van der Waals surface area (Å²) in [5.74, 6) is 1.08. The molecule has 1 aliphatic carbocycles. The minimum absolute atomic E-state index is 0.192. The summed E-state index contributed by atoms with van der Waals surface area (Å²) in [6.45, 7) is 13.0. The van der Waals surface area contributed by atoms with Crippen LogP contribution in [0.3, 0.4) is 0 Å². The predicted octanol–water partition coefficient (Wildman–Crippen LogP) is 4.12. The average molecular weight is 261 g/mol. The smallest absolute Gasteiger partial charge is 0.123 e. The van der Waals surface area contributed by atoms with Gasteiger partial charge in [-0.3, -0.25) is 0 Å². The first kappa shape index (κ1) is 14.4. The van der Waals surface area contributed by atoms with E-state index in [4.69, 9.17) is 4.74 Å². The second kappa shape index (κ2) is 5.54. The van der Waals surface area contributed by atoms with Crippen LogP contribution in [-0.2, 0) is 5.41 Å². The Morgan fingerprint density at radius 2 is 2.05 bits per heavy atom. The van der Waals surface area contributed by atoms with Gasteiger partial charge >= 0.3 is 0 Å². The van der Waals surface area contributed by atoms with E-state index in [1.54, 1.807) is 0 Å². The summed E-state index contributed by atoms with van der Waals surface area (Å²) in [6.07, 6.45) is 2.34. The number of nitrogens with one attached hydrogen (secondary N) is 1. The minimum Gasteiger partial charge on any atom is -0.494 e. The normalized spacial score (nSPS) is 20.4. The van der Waals surface area contributed by atoms with Crippen molar-refractivity contribution in [3.8, 4) is 5.75 Å². The number of fused-ring (bicyclic) bond motifs is 1. The van der Waals surface area contributed by atoms with Crippen molar-refractivity contribution in [3.63, 3.8) is 0 Å². The van der Waals surface area contributed by atoms with Crippen LogP contribution in [0.15, 0.2) is 12.1 Å². The van der Waals surface area contributed by atoms with Crippen LogP contribution < -0.4 is 10.1 Å². The van der Waals surface area contributed by atoms with Gasteiger partial charge in [0.1, 0.15) is 5.75 Å². The van der Waals surface area contributed by atoms with E-state index in [-0.39, 0.29) is 5.41 Å². The van der Waals surface area contributed by atoms with E-state index in [9.17, 15) is 0 Å². The van der Waals surface area contributed by atoms with Crippen LogP contribution in [0.2, 0.25) is 0 Å². The van der Waals surface area contributed by atoms with Crippen molar-refractivity contribution >= 4 is 0 Å². The molecule has 1 aromatic carbocycles. The van der Waals surface area contributed by atoms with Gasteiger partial charge in [0.05, 0.1) is 6.61 Å². The molecule has 106 valence electrons. The van der Waals surface area contributed by atoms with Gasteiger partial charge in [0.2, 0.25) is 0 Å². The quantitative estimate of drug-likeness (QED) is 0.861. The maximum absolute atomic E-state index is 5.86. The van der Waals surface area contributed by atoms with Crippen LogP contribution in [0, 0.1) is 6.92 Å². The molecule has 0 spiro atoms. The summed E-state index contributed by atoms with van der Waals surface area (Å²) in [5, 5.41) is 3.70. The fraction of sp³-hybridized carbons (Fsp3) is 0.647. The summed E-state index contributed by atoms with van der Waals surface area (Å²) in [5.41, 5.74) is 4.47. The molecule has 1 N–H and O–H groups in total. The van der Waals surface area contributed by atoms with E-state index in [1.807, 2.05) is 0 Å². The minimum atomic E-state index is 0.192. The molecule has 0 fully saturated rings. The van der Waals surface area contributed by atoms with E-state index in [0.717, 1.165) is 25.3 Å². The SMILES string of the molecule is CCCNC1CC(C)(C)c2c(OCC)ccc(C)c21. The van der Waals surface area contributed by atoms with Crippen molar-refractivity contribution in [2.75, 3.05) is 13.2 Å². The Morgan fingerprint density at radius 1 is 1.32 bits per heavy atom. The number of aryl methyl sites for hydroxylation is 1. The van der Waals surface area contributed by atoms with Gasteiger partial charge in [0, 0.05) is 11.6 Å². The van der Waals surface area contributed by atoms with E-state index in [2.05, 4.69) is 52.1 Å². The Kier molecular flexibility index (Phi) is 4.19. The summed E-state index contributed by atoms with van der Waals surface area (Å²) >= 11 is 0. The lowest BCUT2D eigenvalue weighted by molar-refractivity contribution is 0.328. The van der Waals surface area contributed by atoms with Crippen LogP contribution in [-0.4, -0.2) is 13.2 Å². The second-order valence-electron chi connectivity index (χ2n) is 6.20. The van der Waals surface area contributed by atoms with Crippen LogP contribution in [0.25, 0.3) is 0 Å². The molecule has 0 aliphatic heterocycles. The molecule has 1 atom stereocenters. The van der Waals surface area contributed by atoms with Crippen LogP contribution in [0.5, 0.6) is 5.75 Å². The number of ether oxygens (including phenoxy) is 1. The Balaban J connectivity index is 2.46. The highest BCUT2D eigenvalue weighted by Gasteiger charge is 2.40. The van der Waals surface area contributed by atoms with Gasteiger partial charge in [-0.15, -0.1) is 0 Å². The van der Waals surface area contributed by atoms with Gasteiger partial charge in [-0.05, 0) is 55.8 Å². The summed E-state index contributed by atoms with van der Waals surface area (Å²) in [4.78, 5) is 0. The molecule has 19 heavy (non-hydrogen) atoms. The highest BCUT2D eigenvalue weighted by molar-refractivity contribution is 5.54. The Morgan fingerprint density at radius 3 is 2.68 bits per heavy atom. The van der Waals surface area contributed by atoms with E-state index < -0.39 is 0 Å². The molecule has 0 bridgehead atoms. The van der Waals surface area contributed by atoms with Crippen LogP contribution >= 0.6 is 0 Å². The van der Waals surface area contributed by atoms with Gasteiger partial charge in [-0.25, -0.2) is 0 Å². The molecule has 1 aliphatic rings. The molecular formula is C17H27NO. The number of hydrogen-bond acceptors (Lipinski definition) is 2. The zero-order valence-corrected chi connectivity index (χ0v) is 13.0. The van der Waals surface area contributed by atoms with E-state index >= 15 is 0 Å². The third-order valence-corrected chi connectivity index (χ3v) is 4.11. The molecule has 0 saturated heterocycles. The van der Waals surface area contributed by atoms with Crippen molar-refractivity contribution in [1.82, 2.24) is 5.32 Å². The lowest BCUT2D eigenvalue weighted by atomic mass is 9.85. The topological polar surface area (TPSA) is 21.3 Å². The van der Waals surface area contributed by atoms with Gasteiger partial charge in [-0.2, -0.15) is 0 Å². The third-order valence-electron chi connectivity index (χ3n) is 4.11. The Bertz CT molecular complexity index is 451. The number of hydrogen-bond donors (Lipinski definition) is 1. The molecule has 2 nitrogen and oxygen atoms in total. The molecule has 2 rings (SSSR count). The molecule has 1 unspecified atom stereocenters. The molecule has 0 amide bonds. The summed E-state index contributed by atoms with van der Waals surface area (Å²) in [6, 6.07) is 4.82. The first-order valence-electron chi connectivity index (χ1n) is 7.51. The van der Waals surface area contributed by atoms with Gasteiger partial charge in [0.15, 0.2) is 0 Å². The predicted molar refractivity (Wildman–Crippen MR) is 81.0 cm³/mol. The van der Waals surface area contributed by atoms with Crippen molar-refractivity contribution in [3.05, 3.63) is 28.8 Å². The second-order valence-corrected chi connectivity index (χ2v) is 6.20. The zero-order chi connectivity index (χ0) is 14.0. The summed E-state index contributed by atoms with van der Waals surface area (Å²) < 4.78 is 5.86. The first-order chi connectivity index (χ1) is 9.01. The Labute approximate surface area is 117 Å². The maximum atomic E-state index is 5.86. The van der Waals surface area contributed by atoms with E-state index in [0.29, 0.717) is 6.04 Å². The fourth-order valence-corrected chi connectivity index (χ4v) is 3.33. The maximum Gasteiger partial charge on any atom is 0.123 e. The highest BCUT2D eigenvalue weighted by atomic mass is 16.5. The molecule has 0 heterocycles. The number of rotatable bonds is 5. The monoisotopic (exact) mass is 261 g/mol. The lowest BCUT2D eigenvalue weighted by Gasteiger charge is -2.22. The Hall–Kier alpha value is -1.02. The van der Waals surface area contributed by atoms with Crippen molar-refractivity contribution < 1.29 is 4.74 Å². The largest absolute Gasteiger partial charge is 0.494 e. The fourth-order valence-electron chi connectivity index (χ4n) is 3.33. The average Bonchev–Trinajstić information content (AvgIpc) is 2.63. The highest BCUT2D eigenvalue weighted by Crippen LogP contribution is 2.50. The van der Waals surface area contributed by atoms with Crippen molar-refractivity contribution in [2.45, 2.75) is 58.9 Å². The standard InChI is InChI=1S/C17H27NO/c1-6-10-18-13-11-17(4,5)16-14(19-7-2)9-8-12(3)15(13)16/h8-9,13,18H,6-7,10-11H2,1-5H3. The first-order valence-corrected chi connectivity index (χ1v) is 7.51. The molecule has 0 saturated carbocycles. The number of benzene rings is 1. The summed E-state index contributed by atoms with van der Waals surface area (Å²) in [7, 11) is 0. The molecule has 0 radical (unpaired) electrons. The van der Waals surface area contributed by atoms with Crippen LogP contribution in [0.4, 0.5) is 0 Å². The van der Waals surface area contributed by atoms with E-state index in [1.165, 1.54) is 23.1 Å². The molecule has 1 aromatic rings. The van der Waals surface area contributed by atoms with Gasteiger partial charge in [-0.1, -0.05) is 26.8 Å².